The van der Waals surface area contributed by atoms with Gasteiger partial charge in [-0.3, -0.25) is 52.8 Å². The van der Waals surface area contributed by atoms with Gasteiger partial charge in [-0.1, -0.05) is 51.1 Å². The number of imide groups is 1. The summed E-state index contributed by atoms with van der Waals surface area (Å²) in [5.41, 5.74) is 4.62. The number of halogens is 5. The van der Waals surface area contributed by atoms with Crippen LogP contribution >= 0.6 is 11.8 Å². The molecule has 24 nitrogen and oxygen atoms in total. The van der Waals surface area contributed by atoms with E-state index in [0.717, 1.165) is 47.7 Å². The van der Waals surface area contributed by atoms with E-state index in [2.05, 4.69) is 26.6 Å². The van der Waals surface area contributed by atoms with Crippen LogP contribution in [0.15, 0.2) is 72.9 Å². The SMILES string of the molecule is C[C@H](NC(=O)CN1C(=O)C=CC1=O)C(=O)N[C@H](C)C(=O)N[C@@H](CC(N)=O)C(=O)NCCCN(C(=O)CSCCC(=O)N[C@H](CC(=O)OC(C)(C)C)C(=O)OC(C)(C)C)[C@@H](c1cc(-c2cc(F)ccc2F)cn1Cc1ccccc1)C(C)(C)C.O=C(O)C(F)(F)F. The number of nitrogens with zero attached hydrogens (tertiary/aromatic N) is 3. The number of alkyl halides is 3. The summed E-state index contributed by atoms with van der Waals surface area (Å²) in [4.78, 5) is 154. The number of amides is 9. The van der Waals surface area contributed by atoms with Crippen molar-refractivity contribution >= 4 is 82.8 Å². The molecular formula is C60H78F5N9O15S. The summed E-state index contributed by atoms with van der Waals surface area (Å²) in [7, 11) is 0. The first-order valence-electron chi connectivity index (χ1n) is 28.2. The molecule has 0 fully saturated rings. The van der Waals surface area contributed by atoms with E-state index < -0.39 is 155 Å². The Morgan fingerprint density at radius 2 is 1.30 bits per heavy atom. The third-order valence-corrected chi connectivity index (χ3v) is 13.4. The molecule has 5 atom stereocenters. The van der Waals surface area contributed by atoms with Crippen molar-refractivity contribution in [3.8, 4) is 11.1 Å². The Morgan fingerprint density at radius 1 is 0.722 bits per heavy atom. The summed E-state index contributed by atoms with van der Waals surface area (Å²) < 4.78 is 74.7. The first-order valence-corrected chi connectivity index (χ1v) is 29.3. The number of aromatic nitrogens is 1. The number of benzene rings is 2. The molecule has 9 amide bonds. The molecule has 0 saturated heterocycles. The molecule has 90 heavy (non-hydrogen) atoms. The van der Waals surface area contributed by atoms with Crippen LogP contribution in [0.1, 0.15) is 119 Å². The molecule has 0 radical (unpaired) electrons. The number of rotatable bonds is 28. The third-order valence-electron chi connectivity index (χ3n) is 12.5. The molecule has 0 bridgehead atoms. The number of hydrogen-bond acceptors (Lipinski definition) is 15. The van der Waals surface area contributed by atoms with Crippen LogP contribution < -0.4 is 32.3 Å². The number of esters is 2. The molecule has 30 heteroatoms. The second-order valence-electron chi connectivity index (χ2n) is 23.8. The van der Waals surface area contributed by atoms with Gasteiger partial charge >= 0.3 is 24.1 Å². The lowest BCUT2D eigenvalue weighted by Gasteiger charge is -2.41. The third kappa shape index (κ3) is 25.8. The van der Waals surface area contributed by atoms with Gasteiger partial charge in [-0.15, -0.1) is 0 Å². The highest BCUT2D eigenvalue weighted by Gasteiger charge is 2.40. The minimum atomic E-state index is -5.08. The second-order valence-corrected chi connectivity index (χ2v) is 24.9. The number of ether oxygens (including phenoxy) is 2. The van der Waals surface area contributed by atoms with Crippen molar-refractivity contribution in [2.24, 2.45) is 11.1 Å². The number of carboxylic acids is 1. The van der Waals surface area contributed by atoms with Crippen LogP contribution in [0.4, 0.5) is 22.0 Å². The number of nitrogens with one attached hydrogen (secondary N) is 5. The molecule has 0 aliphatic carbocycles. The fourth-order valence-corrected chi connectivity index (χ4v) is 9.39. The van der Waals surface area contributed by atoms with Crippen LogP contribution in [0.3, 0.4) is 0 Å². The molecule has 1 aliphatic rings. The fourth-order valence-electron chi connectivity index (χ4n) is 8.58. The van der Waals surface area contributed by atoms with Gasteiger partial charge in [-0.2, -0.15) is 24.9 Å². The summed E-state index contributed by atoms with van der Waals surface area (Å²) in [6, 6.07) is 7.88. The van der Waals surface area contributed by atoms with Crippen molar-refractivity contribution in [3.63, 3.8) is 0 Å². The highest BCUT2D eigenvalue weighted by molar-refractivity contribution is 7.99. The van der Waals surface area contributed by atoms with Crippen LogP contribution in [0.2, 0.25) is 0 Å². The van der Waals surface area contributed by atoms with Crippen LogP contribution in [-0.2, 0) is 73.6 Å². The van der Waals surface area contributed by atoms with Gasteiger partial charge in [0, 0.05) is 67.0 Å². The predicted molar refractivity (Wildman–Crippen MR) is 318 cm³/mol. The second kappa shape index (κ2) is 33.2. The number of primary amides is 1. The van der Waals surface area contributed by atoms with E-state index in [-0.39, 0.29) is 49.5 Å². The van der Waals surface area contributed by atoms with Crippen LogP contribution in [0.5, 0.6) is 0 Å². The van der Waals surface area contributed by atoms with Crippen molar-refractivity contribution < 1.29 is 94.1 Å². The quantitative estimate of drug-likeness (QED) is 0.0228. The molecule has 1 aliphatic heterocycles. The summed E-state index contributed by atoms with van der Waals surface area (Å²) in [5.74, 6) is -12.6. The number of thioether (sulfide) groups is 1. The maximum Gasteiger partial charge on any atom is 0.490 e. The van der Waals surface area contributed by atoms with Gasteiger partial charge in [-0.05, 0) is 97.1 Å². The smallest absolute Gasteiger partial charge is 0.475 e. The average molecular weight is 1290 g/mol. The van der Waals surface area contributed by atoms with E-state index in [4.69, 9.17) is 25.1 Å². The van der Waals surface area contributed by atoms with E-state index in [1.54, 1.807) is 58.7 Å². The first kappa shape index (κ1) is 75.5. The van der Waals surface area contributed by atoms with Gasteiger partial charge in [-0.25, -0.2) is 18.4 Å². The average Bonchev–Trinajstić information content (AvgIpc) is 1.69. The van der Waals surface area contributed by atoms with Gasteiger partial charge in [0.1, 0.15) is 53.5 Å². The molecule has 494 valence electrons. The predicted octanol–water partition coefficient (Wildman–Crippen LogP) is 4.51. The first-order chi connectivity index (χ1) is 41.6. The number of carbonyl (C=O) groups excluding carboxylic acids is 11. The van der Waals surface area contributed by atoms with Gasteiger partial charge in [0.15, 0.2) is 0 Å². The van der Waals surface area contributed by atoms with E-state index in [0.29, 0.717) is 16.2 Å². The Balaban J connectivity index is 0.00000284. The van der Waals surface area contributed by atoms with E-state index >= 15 is 4.39 Å². The monoisotopic (exact) mass is 1290 g/mol. The number of aliphatic carboxylic acids is 1. The van der Waals surface area contributed by atoms with Crippen LogP contribution in [0, 0.1) is 17.0 Å². The zero-order valence-electron chi connectivity index (χ0n) is 51.8. The minimum absolute atomic E-state index is 0.0155. The molecule has 2 heterocycles. The number of carboxylic acid groups (broad SMARTS) is 1. The molecule has 0 spiro atoms. The lowest BCUT2D eigenvalue weighted by atomic mass is 9.83. The van der Waals surface area contributed by atoms with Crippen LogP contribution in [-0.4, -0.2) is 163 Å². The Hall–Kier alpha value is -8.70. The fraction of sp³-hybridized carbons (Fsp3) is 0.500. The van der Waals surface area contributed by atoms with Crippen molar-refractivity contribution in [1.82, 2.24) is 41.0 Å². The van der Waals surface area contributed by atoms with Crippen molar-refractivity contribution in [3.05, 3.63) is 95.8 Å². The summed E-state index contributed by atoms with van der Waals surface area (Å²) >= 11 is 1.11. The molecule has 3 aromatic rings. The van der Waals surface area contributed by atoms with Crippen LogP contribution in [0.25, 0.3) is 11.1 Å². The van der Waals surface area contributed by atoms with E-state index in [9.17, 15) is 70.3 Å². The topological polar surface area (TPSA) is 341 Å². The van der Waals surface area contributed by atoms with Gasteiger partial charge in [0.25, 0.3) is 11.8 Å². The van der Waals surface area contributed by atoms with Crippen molar-refractivity contribution in [2.75, 3.05) is 31.1 Å². The standard InChI is InChI=1S/C58H77F2N9O13S.C2HF3O2/c1-34(63-46(72)32-69-47(73)20-21-48(69)74)52(77)64-35(2)53(78)66-41(28-44(61)70)54(79)62-23-15-24-68(49(75)33-83-25-22-45(71)65-42(55(80)82-58(9,10)11)29-50(76)81-57(6,7)8)51(56(3,4)5)43-26-37(39-27-38(59)18-19-40(39)60)31-67(43)30-36-16-13-12-14-17-36;3-2(4,5)1(6)7/h12-14,16-21,26-27,31,34-35,41-42,51H,15,22-25,28-30,32-33H2,1-11H3,(H2,61,70)(H,62,79)(H,63,72)(H,64,77)(H,65,71)(H,66,78);(H,6,7)/t34-,35+,41-,42+,51-;/m0./s1. The molecule has 2 aromatic carbocycles. The van der Waals surface area contributed by atoms with Crippen molar-refractivity contribution in [2.45, 2.75) is 156 Å². The molecule has 0 saturated carbocycles. The molecule has 8 N–H and O–H groups in total. The normalized spacial score (nSPS) is 14.1. The molecule has 1 aromatic heterocycles. The summed E-state index contributed by atoms with van der Waals surface area (Å²) in [5, 5.41) is 19.5. The van der Waals surface area contributed by atoms with Crippen molar-refractivity contribution in [1.29, 1.82) is 0 Å². The van der Waals surface area contributed by atoms with Gasteiger partial charge in [0.05, 0.1) is 24.6 Å². The largest absolute Gasteiger partial charge is 0.490 e. The Bertz CT molecular complexity index is 3120. The zero-order valence-corrected chi connectivity index (χ0v) is 52.6. The molecule has 4 rings (SSSR count). The van der Waals surface area contributed by atoms with Gasteiger partial charge in [0.2, 0.25) is 41.4 Å². The number of hydrogen-bond donors (Lipinski definition) is 7. The highest BCUT2D eigenvalue weighted by atomic mass is 32.2. The maximum atomic E-state index is 15.5. The van der Waals surface area contributed by atoms with E-state index in [1.165, 1.54) is 13.8 Å². The number of carbonyl (C=O) groups is 12. The summed E-state index contributed by atoms with van der Waals surface area (Å²) in [6.45, 7) is 17.6. The molecular weight excluding hydrogens is 1210 g/mol. The number of nitrogens with two attached hydrogens (primary N) is 1. The van der Waals surface area contributed by atoms with Gasteiger partial charge < -0.3 is 56.4 Å². The highest BCUT2D eigenvalue weighted by Crippen LogP contribution is 2.41. The Kier molecular flexibility index (Phi) is 27.9. The zero-order chi connectivity index (χ0) is 68.2. The minimum Gasteiger partial charge on any atom is -0.475 e. The molecule has 0 unspecified atom stereocenters. The lowest BCUT2D eigenvalue weighted by molar-refractivity contribution is -0.192. The Morgan fingerprint density at radius 3 is 1.86 bits per heavy atom. The summed E-state index contributed by atoms with van der Waals surface area (Å²) in [6.07, 6.45) is -2.66. The van der Waals surface area contributed by atoms with E-state index in [1.807, 2.05) is 55.7 Å². The lowest BCUT2D eigenvalue weighted by Crippen LogP contribution is -2.56. The Labute approximate surface area is 521 Å². The maximum absolute atomic E-state index is 15.5.